The quantitative estimate of drug-likeness (QED) is 0.115. The zero-order valence-corrected chi connectivity index (χ0v) is 25.9. The van der Waals surface area contributed by atoms with Crippen molar-refractivity contribution in [1.29, 1.82) is 0 Å². The number of unbranched alkanes of at least 4 members (excludes halogenated alkanes) is 4. The Morgan fingerprint density at radius 1 is 0.974 bits per heavy atom. The van der Waals surface area contributed by atoms with Crippen LogP contribution in [-0.2, 0) is 11.2 Å². The predicted molar refractivity (Wildman–Crippen MR) is 155 cm³/mol. The van der Waals surface area contributed by atoms with Crippen molar-refractivity contribution in [2.45, 2.75) is 65.2 Å². The lowest BCUT2D eigenvalue weighted by atomic mass is 10.1. The highest BCUT2D eigenvalue weighted by atomic mass is 79.9. The Morgan fingerprint density at radius 2 is 1.72 bits per heavy atom. The molecule has 0 fully saturated rings. The monoisotopic (exact) mass is 602 g/mol. The van der Waals surface area contributed by atoms with Crippen molar-refractivity contribution in [2.24, 2.45) is 0 Å². The van der Waals surface area contributed by atoms with E-state index in [1.54, 1.807) is 12.1 Å². The number of nitrogens with one attached hydrogen (secondary N) is 1. The van der Waals surface area contributed by atoms with Crippen molar-refractivity contribution < 1.29 is 40.5 Å². The Balaban J connectivity index is 0.00000760. The van der Waals surface area contributed by atoms with Gasteiger partial charge in [-0.25, -0.2) is 0 Å². The molecule has 0 heterocycles. The molecule has 0 aliphatic heterocycles. The number of amides is 1. The highest BCUT2D eigenvalue weighted by molar-refractivity contribution is 5.95. The minimum Gasteiger partial charge on any atom is -1.00 e. The number of ether oxygens (including phenoxy) is 2. The number of Topliss-reactive ketones (excluding diaryl/α,β-unsaturated/α-hetero) is 1. The Kier molecular flexibility index (Phi) is 16.4. The van der Waals surface area contributed by atoms with Crippen molar-refractivity contribution in [1.82, 2.24) is 5.32 Å². The van der Waals surface area contributed by atoms with Crippen molar-refractivity contribution in [2.75, 3.05) is 40.3 Å². The number of quaternary nitrogens is 1. The Bertz CT molecular complexity index is 1020. The first kappa shape index (κ1) is 34.4. The van der Waals surface area contributed by atoms with Gasteiger partial charge in [0.2, 0.25) is 0 Å². The van der Waals surface area contributed by atoms with Gasteiger partial charge in [0.05, 0.1) is 27.2 Å². The van der Waals surface area contributed by atoms with Crippen LogP contribution in [-0.4, -0.2) is 56.5 Å². The summed E-state index contributed by atoms with van der Waals surface area (Å²) in [5.41, 5.74) is 1.70. The first-order chi connectivity index (χ1) is 18.3. The molecular weight excluding hydrogens is 556 g/mol. The number of nitrogens with zero attached hydrogens (tertiary/aromatic N) is 1. The van der Waals surface area contributed by atoms with Gasteiger partial charge < -0.3 is 36.3 Å². The van der Waals surface area contributed by atoms with Crippen LogP contribution in [0.1, 0.15) is 74.7 Å². The summed E-state index contributed by atoms with van der Waals surface area (Å²) in [6.45, 7) is 10.6. The SMILES string of the molecule is C=CCc1cccc(Oc2ccc(C(=O)CC)cc2)c1OCCCC[N+](C)(C)CC(=O)NCCCCCC.[Br-]. The molecule has 6 nitrogen and oxygen atoms in total. The summed E-state index contributed by atoms with van der Waals surface area (Å²) < 4.78 is 13.0. The molecular formula is C32H47BrN2O4. The number of likely N-dealkylation sites (N-methyl/N-ethyl adjacent to an activating group) is 1. The van der Waals surface area contributed by atoms with Gasteiger partial charge in [-0.15, -0.1) is 6.58 Å². The van der Waals surface area contributed by atoms with Crippen molar-refractivity contribution >= 4 is 11.7 Å². The van der Waals surface area contributed by atoms with E-state index in [9.17, 15) is 9.59 Å². The van der Waals surface area contributed by atoms with E-state index in [2.05, 4.69) is 32.9 Å². The van der Waals surface area contributed by atoms with E-state index in [0.29, 0.717) is 47.5 Å². The predicted octanol–water partition coefficient (Wildman–Crippen LogP) is 3.74. The molecule has 7 heteroatoms. The van der Waals surface area contributed by atoms with Gasteiger partial charge in [-0.3, -0.25) is 9.59 Å². The van der Waals surface area contributed by atoms with Crippen molar-refractivity contribution in [3.63, 3.8) is 0 Å². The molecule has 0 spiro atoms. The fourth-order valence-corrected chi connectivity index (χ4v) is 4.28. The third-order valence-electron chi connectivity index (χ3n) is 6.48. The topological polar surface area (TPSA) is 64.6 Å². The number of hydrogen-bond donors (Lipinski definition) is 1. The molecule has 0 unspecified atom stereocenters. The summed E-state index contributed by atoms with van der Waals surface area (Å²) in [5.74, 6) is 2.25. The first-order valence-electron chi connectivity index (χ1n) is 14.0. The van der Waals surface area contributed by atoms with E-state index in [4.69, 9.17) is 9.47 Å². The second kappa shape index (κ2) is 18.6. The van der Waals surface area contributed by atoms with Crippen molar-refractivity contribution in [3.8, 4) is 17.2 Å². The molecule has 2 aromatic rings. The maximum absolute atomic E-state index is 12.3. The van der Waals surface area contributed by atoms with E-state index in [1.807, 2.05) is 43.3 Å². The molecule has 1 amide bonds. The second-order valence-corrected chi connectivity index (χ2v) is 10.4. The van der Waals surface area contributed by atoms with Gasteiger partial charge >= 0.3 is 0 Å². The molecule has 216 valence electrons. The zero-order valence-electron chi connectivity index (χ0n) is 24.3. The molecule has 0 radical (unpaired) electrons. The molecule has 2 aromatic carbocycles. The van der Waals surface area contributed by atoms with Gasteiger partial charge in [0.1, 0.15) is 5.75 Å². The van der Waals surface area contributed by atoms with Crippen LogP contribution < -0.4 is 31.8 Å². The van der Waals surface area contributed by atoms with E-state index in [-0.39, 0.29) is 28.7 Å². The largest absolute Gasteiger partial charge is 1.00 e. The molecule has 0 aliphatic rings. The Hall–Kier alpha value is -2.64. The van der Waals surface area contributed by atoms with Crippen LogP contribution in [0.5, 0.6) is 17.2 Å². The fraction of sp³-hybridized carbons (Fsp3) is 0.500. The third-order valence-corrected chi connectivity index (χ3v) is 6.48. The molecule has 0 atom stereocenters. The highest BCUT2D eigenvalue weighted by Crippen LogP contribution is 2.35. The summed E-state index contributed by atoms with van der Waals surface area (Å²) in [5, 5.41) is 3.06. The van der Waals surface area contributed by atoms with Crippen LogP contribution in [0, 0.1) is 0 Å². The smallest absolute Gasteiger partial charge is 0.275 e. The van der Waals surface area contributed by atoms with Crippen LogP contribution in [0.2, 0.25) is 0 Å². The van der Waals surface area contributed by atoms with Crippen LogP contribution in [0.3, 0.4) is 0 Å². The van der Waals surface area contributed by atoms with Gasteiger partial charge in [0.15, 0.2) is 23.8 Å². The summed E-state index contributed by atoms with van der Waals surface area (Å²) in [6, 6.07) is 13.1. The summed E-state index contributed by atoms with van der Waals surface area (Å²) in [7, 11) is 4.20. The van der Waals surface area contributed by atoms with Crippen LogP contribution in [0.25, 0.3) is 0 Å². The lowest BCUT2D eigenvalue weighted by Crippen LogP contribution is -3.00. The number of hydrogen-bond acceptors (Lipinski definition) is 4. The number of carbonyl (C=O) groups excluding carboxylic acids is 2. The standard InChI is InChI=1S/C32H46N2O4.BrH/c1-6-9-10-11-22-33-31(36)25-34(4,5)23-12-13-24-37-32-27(15-7-2)16-14-17-30(32)38-28-20-18-26(19-21-28)29(35)8-3;/h7,14,16-21H,2,6,8-13,15,22-25H2,1,3-5H3;1H. The number of para-hydroxylation sites is 1. The molecule has 39 heavy (non-hydrogen) atoms. The van der Waals surface area contributed by atoms with Gasteiger partial charge in [-0.2, -0.15) is 0 Å². The number of benzene rings is 2. The molecule has 0 bridgehead atoms. The summed E-state index contributed by atoms with van der Waals surface area (Å²) in [4.78, 5) is 24.3. The van der Waals surface area contributed by atoms with E-state index >= 15 is 0 Å². The average molecular weight is 604 g/mol. The lowest BCUT2D eigenvalue weighted by molar-refractivity contribution is -0.882. The fourth-order valence-electron chi connectivity index (χ4n) is 4.28. The molecule has 2 rings (SSSR count). The Morgan fingerprint density at radius 3 is 2.38 bits per heavy atom. The molecule has 1 N–H and O–H groups in total. The minimum absolute atomic E-state index is 0. The van der Waals surface area contributed by atoms with Gasteiger partial charge in [-0.1, -0.05) is 51.3 Å². The molecule has 0 aromatic heterocycles. The number of carbonyl (C=O) groups is 2. The molecule has 0 aliphatic carbocycles. The van der Waals surface area contributed by atoms with Crippen LogP contribution in [0.4, 0.5) is 0 Å². The van der Waals surface area contributed by atoms with Crippen molar-refractivity contribution in [3.05, 3.63) is 66.2 Å². The first-order valence-corrected chi connectivity index (χ1v) is 14.0. The number of ketones is 1. The molecule has 0 saturated carbocycles. The summed E-state index contributed by atoms with van der Waals surface area (Å²) in [6.07, 6.45) is 9.46. The van der Waals surface area contributed by atoms with E-state index < -0.39 is 0 Å². The number of allylic oxidation sites excluding steroid dienone is 1. The summed E-state index contributed by atoms with van der Waals surface area (Å²) >= 11 is 0. The maximum Gasteiger partial charge on any atom is 0.275 e. The van der Waals surface area contributed by atoms with Gasteiger partial charge in [-0.05, 0) is 56.0 Å². The van der Waals surface area contributed by atoms with Crippen LogP contribution >= 0.6 is 0 Å². The lowest BCUT2D eigenvalue weighted by Gasteiger charge is -2.29. The zero-order chi connectivity index (χ0) is 27.8. The number of halogens is 1. The third kappa shape index (κ3) is 12.8. The van der Waals surface area contributed by atoms with Gasteiger partial charge in [0, 0.05) is 24.1 Å². The average Bonchev–Trinajstić information content (AvgIpc) is 2.89. The number of rotatable bonds is 19. The maximum atomic E-state index is 12.3. The molecule has 0 saturated heterocycles. The Labute approximate surface area is 246 Å². The highest BCUT2D eigenvalue weighted by Gasteiger charge is 2.19. The minimum atomic E-state index is 0. The van der Waals surface area contributed by atoms with Gasteiger partial charge in [0.25, 0.3) is 5.91 Å². The second-order valence-electron chi connectivity index (χ2n) is 10.4. The van der Waals surface area contributed by atoms with Crippen LogP contribution in [0.15, 0.2) is 55.1 Å². The van der Waals surface area contributed by atoms with E-state index in [0.717, 1.165) is 43.7 Å². The normalized spacial score (nSPS) is 10.9. The van der Waals surface area contributed by atoms with E-state index in [1.165, 1.54) is 19.3 Å².